The first kappa shape index (κ1) is 28.3. The van der Waals surface area contributed by atoms with Crippen LogP contribution in [0.5, 0.6) is 0 Å². The summed E-state index contributed by atoms with van der Waals surface area (Å²) in [7, 11) is 0. The summed E-state index contributed by atoms with van der Waals surface area (Å²) in [6.45, 7) is 10.0. The van der Waals surface area contributed by atoms with Crippen LogP contribution in [0.3, 0.4) is 0 Å². The zero-order chi connectivity index (χ0) is 27.3. The molecule has 3 aromatic rings. The largest absolute Gasteiger partial charge is 0.324 e. The van der Waals surface area contributed by atoms with Gasteiger partial charge in [0.2, 0.25) is 0 Å². The minimum Gasteiger partial charge on any atom is -0.316 e. The van der Waals surface area contributed by atoms with Gasteiger partial charge in [-0.2, -0.15) is 0 Å². The van der Waals surface area contributed by atoms with Crippen LogP contribution in [0.25, 0.3) is 10.5 Å². The molecule has 3 rings (SSSR count). The number of benzene rings is 2. The normalized spacial score (nSPS) is 12.8. The number of amides is 1. The van der Waals surface area contributed by atoms with Gasteiger partial charge in [-0.15, -0.1) is 0 Å². The molecule has 5 nitrogen and oxygen atoms in total. The Hall–Kier alpha value is -3.30. The molecule has 0 aliphatic carbocycles. The van der Waals surface area contributed by atoms with Crippen LogP contribution in [0.1, 0.15) is 67.4 Å². The molecule has 0 saturated carbocycles. The molecule has 1 N–H and O–H groups in total. The SMILES string of the molecule is C/C=C(/NC(=O)c1ccc([N+](=O)[O-])s1)S/C(=C(\C)c1ccc(C(C)(C)CC)cc1)c1ccc(F)cc1F. The zero-order valence-corrected chi connectivity index (χ0v) is 22.9. The average molecular weight is 543 g/mol. The fourth-order valence-electron chi connectivity index (χ4n) is 3.50. The summed E-state index contributed by atoms with van der Waals surface area (Å²) in [6, 6.07) is 14.1. The number of nitro groups is 1. The fourth-order valence-corrected chi connectivity index (χ4v) is 5.25. The molecule has 0 unspecified atom stereocenters. The van der Waals surface area contributed by atoms with Gasteiger partial charge < -0.3 is 5.32 Å². The minimum absolute atomic E-state index is 0.00998. The van der Waals surface area contributed by atoms with Crippen molar-refractivity contribution in [3.05, 3.63) is 109 Å². The molecule has 2 aromatic carbocycles. The first-order valence-electron chi connectivity index (χ1n) is 11.6. The Balaban J connectivity index is 2.00. The molecule has 0 aliphatic rings. The monoisotopic (exact) mass is 542 g/mol. The maximum atomic E-state index is 14.9. The average Bonchev–Trinajstić information content (AvgIpc) is 3.38. The van der Waals surface area contributed by atoms with E-state index in [2.05, 4.69) is 26.1 Å². The van der Waals surface area contributed by atoms with Crippen molar-refractivity contribution in [2.45, 2.75) is 46.5 Å². The predicted molar refractivity (Wildman–Crippen MR) is 148 cm³/mol. The van der Waals surface area contributed by atoms with Crippen LogP contribution in [-0.4, -0.2) is 10.8 Å². The number of halogens is 2. The van der Waals surface area contributed by atoms with Crippen molar-refractivity contribution in [3.8, 4) is 0 Å². The second-order valence-corrected chi connectivity index (χ2v) is 11.1. The summed E-state index contributed by atoms with van der Waals surface area (Å²) in [4.78, 5) is 23.9. The molecule has 1 aromatic heterocycles. The highest BCUT2D eigenvalue weighted by Crippen LogP contribution is 2.40. The number of allylic oxidation sites excluding steroid dienone is 2. The molecule has 0 bridgehead atoms. The summed E-state index contributed by atoms with van der Waals surface area (Å²) in [5.74, 6) is -1.92. The van der Waals surface area contributed by atoms with Crippen molar-refractivity contribution >= 4 is 44.5 Å². The van der Waals surface area contributed by atoms with Gasteiger partial charge >= 0.3 is 5.00 Å². The Morgan fingerprint density at radius 1 is 1.14 bits per heavy atom. The zero-order valence-electron chi connectivity index (χ0n) is 21.2. The Kier molecular flexibility index (Phi) is 9.04. The van der Waals surface area contributed by atoms with Gasteiger partial charge in [0.05, 0.1) is 14.8 Å². The second-order valence-electron chi connectivity index (χ2n) is 9.00. The minimum atomic E-state index is -0.721. The first-order chi connectivity index (χ1) is 17.5. The number of thioether (sulfide) groups is 1. The molecule has 0 saturated heterocycles. The van der Waals surface area contributed by atoms with Crippen LogP contribution in [0.2, 0.25) is 0 Å². The number of rotatable bonds is 9. The highest BCUT2D eigenvalue weighted by molar-refractivity contribution is 8.12. The van der Waals surface area contributed by atoms with Crippen molar-refractivity contribution in [2.24, 2.45) is 0 Å². The van der Waals surface area contributed by atoms with E-state index in [-0.39, 0.29) is 20.9 Å². The number of carbonyl (C=O) groups is 1. The van der Waals surface area contributed by atoms with Gasteiger partial charge in [0, 0.05) is 22.6 Å². The van der Waals surface area contributed by atoms with Crippen LogP contribution >= 0.6 is 23.1 Å². The third-order valence-electron chi connectivity index (χ3n) is 6.21. The summed E-state index contributed by atoms with van der Waals surface area (Å²) < 4.78 is 28.6. The summed E-state index contributed by atoms with van der Waals surface area (Å²) in [5, 5.41) is 14.0. The van der Waals surface area contributed by atoms with Gasteiger partial charge in [-0.3, -0.25) is 14.9 Å². The molecule has 9 heteroatoms. The molecule has 0 aliphatic heterocycles. The number of hydrogen-bond acceptors (Lipinski definition) is 5. The van der Waals surface area contributed by atoms with E-state index in [0.29, 0.717) is 9.93 Å². The van der Waals surface area contributed by atoms with E-state index in [1.54, 1.807) is 13.0 Å². The fraction of sp³-hybridized carbons (Fsp3) is 0.250. The van der Waals surface area contributed by atoms with Crippen LogP contribution in [0, 0.1) is 21.7 Å². The lowest BCUT2D eigenvalue weighted by molar-refractivity contribution is -0.380. The van der Waals surface area contributed by atoms with Gasteiger partial charge in [-0.25, -0.2) is 8.78 Å². The van der Waals surface area contributed by atoms with E-state index >= 15 is 0 Å². The smallest absolute Gasteiger partial charge is 0.316 e. The van der Waals surface area contributed by atoms with Crippen molar-refractivity contribution in [2.75, 3.05) is 0 Å². The van der Waals surface area contributed by atoms with Crippen LogP contribution in [0.15, 0.2) is 65.7 Å². The van der Waals surface area contributed by atoms with E-state index in [4.69, 9.17) is 0 Å². The van der Waals surface area contributed by atoms with E-state index < -0.39 is 22.5 Å². The highest BCUT2D eigenvalue weighted by atomic mass is 32.2. The number of nitrogens with one attached hydrogen (secondary N) is 1. The summed E-state index contributed by atoms with van der Waals surface area (Å²) >= 11 is 1.90. The number of carbonyl (C=O) groups excluding carboxylic acids is 1. The molecule has 0 fully saturated rings. The second kappa shape index (κ2) is 11.8. The molecule has 194 valence electrons. The molecular formula is C28H28F2N2O3S2. The van der Waals surface area contributed by atoms with Gasteiger partial charge in [0.25, 0.3) is 5.91 Å². The van der Waals surface area contributed by atoms with Crippen molar-refractivity contribution in [1.82, 2.24) is 5.32 Å². The predicted octanol–water partition coefficient (Wildman–Crippen LogP) is 8.53. The van der Waals surface area contributed by atoms with Gasteiger partial charge in [0.15, 0.2) is 0 Å². The van der Waals surface area contributed by atoms with Gasteiger partial charge in [-0.05, 0) is 60.6 Å². The Morgan fingerprint density at radius 2 is 1.81 bits per heavy atom. The number of thiophene rings is 1. The van der Waals surface area contributed by atoms with E-state index in [9.17, 15) is 23.7 Å². The molecule has 0 radical (unpaired) electrons. The van der Waals surface area contributed by atoms with Crippen molar-refractivity contribution < 1.29 is 18.5 Å². The van der Waals surface area contributed by atoms with E-state index in [1.165, 1.54) is 29.8 Å². The van der Waals surface area contributed by atoms with E-state index in [0.717, 1.165) is 46.7 Å². The number of nitrogens with zero attached hydrogens (tertiary/aromatic N) is 1. The van der Waals surface area contributed by atoms with Crippen LogP contribution < -0.4 is 5.32 Å². The molecule has 1 amide bonds. The quantitative estimate of drug-likeness (QED) is 0.167. The molecule has 0 spiro atoms. The van der Waals surface area contributed by atoms with E-state index in [1.807, 2.05) is 31.2 Å². The Morgan fingerprint density at radius 3 is 2.35 bits per heavy atom. The number of hydrogen-bond donors (Lipinski definition) is 1. The van der Waals surface area contributed by atoms with Crippen LogP contribution in [0.4, 0.5) is 13.8 Å². The molecule has 1 heterocycles. The Bertz CT molecular complexity index is 1380. The summed E-state index contributed by atoms with van der Waals surface area (Å²) in [5.41, 5.74) is 2.99. The maximum absolute atomic E-state index is 14.9. The van der Waals surface area contributed by atoms with Crippen LogP contribution in [-0.2, 0) is 5.41 Å². The topological polar surface area (TPSA) is 72.2 Å². The summed E-state index contributed by atoms with van der Waals surface area (Å²) in [6.07, 6.45) is 2.63. The Labute approximate surface area is 223 Å². The van der Waals surface area contributed by atoms with Gasteiger partial charge in [0.1, 0.15) is 11.6 Å². The lowest BCUT2D eigenvalue weighted by Gasteiger charge is -2.23. The molecular weight excluding hydrogens is 514 g/mol. The third-order valence-corrected chi connectivity index (χ3v) is 8.53. The van der Waals surface area contributed by atoms with Crippen molar-refractivity contribution in [1.29, 1.82) is 0 Å². The highest BCUT2D eigenvalue weighted by Gasteiger charge is 2.21. The molecule has 0 atom stereocenters. The lowest BCUT2D eigenvalue weighted by atomic mass is 9.82. The third kappa shape index (κ3) is 6.72. The molecule has 37 heavy (non-hydrogen) atoms. The first-order valence-corrected chi connectivity index (χ1v) is 13.3. The lowest BCUT2D eigenvalue weighted by Crippen LogP contribution is -2.20. The standard InChI is InChI=1S/C28H28F2N2O3S2/c1-6-24(31-27(33)23-14-15-25(36-23)32(34)35)37-26(21-13-12-20(29)16-22(21)30)17(3)18-8-10-19(11-9-18)28(4,5)7-2/h6,8-16H,7H2,1-5H3,(H,31,33)/b24-6-,26-17+. The van der Waals surface area contributed by atoms with Crippen molar-refractivity contribution in [3.63, 3.8) is 0 Å². The van der Waals surface area contributed by atoms with Gasteiger partial charge in [-0.1, -0.05) is 74.2 Å². The maximum Gasteiger partial charge on any atom is 0.324 e.